The van der Waals surface area contributed by atoms with Gasteiger partial charge < -0.3 is 10.6 Å². The van der Waals surface area contributed by atoms with Crippen LogP contribution in [0, 0.1) is 5.92 Å². The molecule has 5 heteroatoms. The fraction of sp³-hybridized carbons (Fsp3) is 0.296. The first-order valence-corrected chi connectivity index (χ1v) is 11.2. The van der Waals surface area contributed by atoms with E-state index in [1.54, 1.807) is 6.20 Å². The summed E-state index contributed by atoms with van der Waals surface area (Å²) in [6.07, 6.45) is 4.43. The molecule has 2 amide bonds. The molecular formula is C27H29N3O2. The first kappa shape index (κ1) is 21.8. The number of aromatic nitrogens is 1. The van der Waals surface area contributed by atoms with Gasteiger partial charge in [0.2, 0.25) is 5.91 Å². The zero-order chi connectivity index (χ0) is 22.3. The first-order chi connectivity index (χ1) is 15.6. The van der Waals surface area contributed by atoms with E-state index in [0.29, 0.717) is 31.1 Å². The molecule has 4 rings (SSSR count). The van der Waals surface area contributed by atoms with Crippen molar-refractivity contribution in [3.63, 3.8) is 0 Å². The largest absolute Gasteiger partial charge is 0.352 e. The maximum absolute atomic E-state index is 12.8. The van der Waals surface area contributed by atoms with E-state index in [9.17, 15) is 9.59 Å². The van der Waals surface area contributed by atoms with Crippen LogP contribution in [0.25, 0.3) is 11.1 Å². The Kier molecular flexibility index (Phi) is 6.95. The lowest BCUT2D eigenvalue weighted by molar-refractivity contribution is -0.121. The smallest absolute Gasteiger partial charge is 0.270 e. The van der Waals surface area contributed by atoms with Crippen molar-refractivity contribution >= 4 is 11.8 Å². The third kappa shape index (κ3) is 5.61. The Labute approximate surface area is 189 Å². The standard InChI is InChI=1S/C27H29N3O2/c1-19(21-8-3-2-4-9-21)16-25(31)29-18-22-10-5-6-11-23(22)24-12-7-15-28-26(24)27(32)30-17-20-13-14-20/h2-12,15,19-20H,13-14,16-18H2,1H3,(H,29,31)(H,30,32). The molecular weight excluding hydrogens is 398 g/mol. The van der Waals surface area contributed by atoms with Gasteiger partial charge in [0, 0.05) is 31.3 Å². The van der Waals surface area contributed by atoms with Crippen molar-refractivity contribution < 1.29 is 9.59 Å². The van der Waals surface area contributed by atoms with E-state index in [1.165, 1.54) is 12.8 Å². The van der Waals surface area contributed by atoms with Crippen LogP contribution < -0.4 is 10.6 Å². The summed E-state index contributed by atoms with van der Waals surface area (Å²) in [5.41, 5.74) is 4.22. The summed E-state index contributed by atoms with van der Waals surface area (Å²) in [5, 5.41) is 6.05. The van der Waals surface area contributed by atoms with Crippen LogP contribution >= 0.6 is 0 Å². The molecule has 1 aromatic heterocycles. The van der Waals surface area contributed by atoms with Crippen molar-refractivity contribution in [1.82, 2.24) is 15.6 Å². The molecule has 1 saturated carbocycles. The molecule has 0 aliphatic heterocycles. The summed E-state index contributed by atoms with van der Waals surface area (Å²) < 4.78 is 0. The van der Waals surface area contributed by atoms with Gasteiger partial charge in [-0.05, 0) is 47.4 Å². The summed E-state index contributed by atoms with van der Waals surface area (Å²) in [6.45, 7) is 3.16. The van der Waals surface area contributed by atoms with E-state index in [0.717, 1.165) is 22.3 Å². The van der Waals surface area contributed by atoms with Gasteiger partial charge in [-0.15, -0.1) is 0 Å². The Balaban J connectivity index is 1.45. The average Bonchev–Trinajstić information content (AvgIpc) is 3.66. The van der Waals surface area contributed by atoms with Crippen molar-refractivity contribution in [1.29, 1.82) is 0 Å². The van der Waals surface area contributed by atoms with Gasteiger partial charge in [-0.1, -0.05) is 67.6 Å². The van der Waals surface area contributed by atoms with Crippen molar-refractivity contribution in [3.8, 4) is 11.1 Å². The maximum atomic E-state index is 12.8. The molecule has 1 aliphatic carbocycles. The summed E-state index contributed by atoms with van der Waals surface area (Å²) in [6, 6.07) is 21.7. The number of pyridine rings is 1. The van der Waals surface area contributed by atoms with Gasteiger partial charge in [0.05, 0.1) is 0 Å². The van der Waals surface area contributed by atoms with Crippen molar-refractivity contribution in [2.45, 2.75) is 38.6 Å². The Morgan fingerprint density at radius 3 is 2.44 bits per heavy atom. The molecule has 0 radical (unpaired) electrons. The van der Waals surface area contributed by atoms with Crippen LogP contribution in [-0.4, -0.2) is 23.3 Å². The van der Waals surface area contributed by atoms with Gasteiger partial charge in [-0.25, -0.2) is 0 Å². The summed E-state index contributed by atoms with van der Waals surface area (Å²) >= 11 is 0. The van der Waals surface area contributed by atoms with Gasteiger partial charge in [-0.2, -0.15) is 0 Å². The van der Waals surface area contributed by atoms with Crippen LogP contribution in [0.4, 0.5) is 0 Å². The molecule has 2 N–H and O–H groups in total. The molecule has 0 saturated heterocycles. The number of carbonyl (C=O) groups excluding carboxylic acids is 2. The predicted molar refractivity (Wildman–Crippen MR) is 126 cm³/mol. The molecule has 5 nitrogen and oxygen atoms in total. The topological polar surface area (TPSA) is 71.1 Å². The van der Waals surface area contributed by atoms with Gasteiger partial charge in [0.25, 0.3) is 5.91 Å². The quantitative estimate of drug-likeness (QED) is 0.520. The maximum Gasteiger partial charge on any atom is 0.270 e. The second kappa shape index (κ2) is 10.2. The zero-order valence-corrected chi connectivity index (χ0v) is 18.4. The molecule has 1 fully saturated rings. The molecule has 0 bridgehead atoms. The van der Waals surface area contributed by atoms with Crippen LogP contribution in [0.1, 0.15) is 53.7 Å². The van der Waals surface area contributed by atoms with Gasteiger partial charge in [-0.3, -0.25) is 14.6 Å². The molecule has 0 spiro atoms. The van der Waals surface area contributed by atoms with Crippen LogP contribution in [0.5, 0.6) is 0 Å². The number of nitrogens with one attached hydrogen (secondary N) is 2. The third-order valence-corrected chi connectivity index (χ3v) is 5.91. The Hall–Kier alpha value is -3.47. The van der Waals surface area contributed by atoms with E-state index >= 15 is 0 Å². The summed E-state index contributed by atoms with van der Waals surface area (Å²) in [5.74, 6) is 0.603. The fourth-order valence-corrected chi connectivity index (χ4v) is 3.83. The van der Waals surface area contributed by atoms with Crippen LogP contribution in [0.2, 0.25) is 0 Å². The van der Waals surface area contributed by atoms with E-state index in [2.05, 4.69) is 22.5 Å². The number of benzene rings is 2. The minimum absolute atomic E-state index is 0.00439. The lowest BCUT2D eigenvalue weighted by atomic mass is 9.96. The number of nitrogens with zero attached hydrogens (tertiary/aromatic N) is 1. The highest BCUT2D eigenvalue weighted by Gasteiger charge is 2.23. The van der Waals surface area contributed by atoms with E-state index in [-0.39, 0.29) is 17.7 Å². The van der Waals surface area contributed by atoms with E-state index in [1.807, 2.05) is 66.7 Å². The zero-order valence-electron chi connectivity index (χ0n) is 18.4. The van der Waals surface area contributed by atoms with E-state index < -0.39 is 0 Å². The van der Waals surface area contributed by atoms with Gasteiger partial charge in [0.1, 0.15) is 5.69 Å². The molecule has 2 aromatic carbocycles. The number of hydrogen-bond acceptors (Lipinski definition) is 3. The molecule has 1 heterocycles. The summed E-state index contributed by atoms with van der Waals surface area (Å²) in [4.78, 5) is 29.7. The minimum atomic E-state index is -0.150. The Morgan fingerprint density at radius 1 is 0.938 bits per heavy atom. The van der Waals surface area contributed by atoms with Crippen molar-refractivity contribution in [3.05, 3.63) is 89.7 Å². The average molecular weight is 428 g/mol. The normalized spacial score (nSPS) is 13.9. The lowest BCUT2D eigenvalue weighted by Crippen LogP contribution is -2.27. The highest BCUT2D eigenvalue weighted by atomic mass is 16.2. The number of carbonyl (C=O) groups is 2. The highest BCUT2D eigenvalue weighted by molar-refractivity contribution is 5.99. The number of amides is 2. The van der Waals surface area contributed by atoms with Crippen LogP contribution in [0.3, 0.4) is 0 Å². The number of hydrogen-bond donors (Lipinski definition) is 2. The van der Waals surface area contributed by atoms with Crippen molar-refractivity contribution in [2.75, 3.05) is 6.54 Å². The fourth-order valence-electron chi connectivity index (χ4n) is 3.83. The molecule has 164 valence electrons. The minimum Gasteiger partial charge on any atom is -0.352 e. The second-order valence-electron chi connectivity index (χ2n) is 8.50. The van der Waals surface area contributed by atoms with Crippen LogP contribution in [0.15, 0.2) is 72.9 Å². The Morgan fingerprint density at radius 2 is 1.66 bits per heavy atom. The Bertz CT molecular complexity index is 1080. The monoisotopic (exact) mass is 427 g/mol. The second-order valence-corrected chi connectivity index (χ2v) is 8.50. The summed E-state index contributed by atoms with van der Waals surface area (Å²) in [7, 11) is 0. The SMILES string of the molecule is CC(CC(=O)NCc1ccccc1-c1cccnc1C(=O)NCC1CC1)c1ccccc1. The third-order valence-electron chi connectivity index (χ3n) is 5.91. The molecule has 32 heavy (non-hydrogen) atoms. The van der Waals surface area contributed by atoms with Crippen molar-refractivity contribution in [2.24, 2.45) is 5.92 Å². The molecule has 1 unspecified atom stereocenters. The van der Waals surface area contributed by atoms with Crippen LogP contribution in [-0.2, 0) is 11.3 Å². The molecule has 1 atom stereocenters. The first-order valence-electron chi connectivity index (χ1n) is 11.2. The predicted octanol–water partition coefficient (Wildman–Crippen LogP) is 4.70. The van der Waals surface area contributed by atoms with E-state index in [4.69, 9.17) is 0 Å². The van der Waals surface area contributed by atoms with Gasteiger partial charge in [0.15, 0.2) is 0 Å². The molecule has 3 aromatic rings. The molecule has 1 aliphatic rings. The lowest BCUT2D eigenvalue weighted by Gasteiger charge is -2.15. The number of rotatable bonds is 9. The highest BCUT2D eigenvalue weighted by Crippen LogP contribution is 2.29. The van der Waals surface area contributed by atoms with Gasteiger partial charge >= 0.3 is 0 Å².